The van der Waals surface area contributed by atoms with Crippen LogP contribution in [0.1, 0.15) is 27.8 Å². The molecule has 26 heavy (non-hydrogen) atoms. The van der Waals surface area contributed by atoms with Crippen LogP contribution in [0.25, 0.3) is 0 Å². The first-order chi connectivity index (χ1) is 10.6. The Morgan fingerprint density at radius 2 is 0.654 bits per heavy atom. The Labute approximate surface area is 175 Å². The maximum Gasteiger partial charge on any atom is 1.00 e. The SMILES string of the molecule is FC(F)(F)c1c(C(F)(F)F)c(C(F)(F)F)[c-](C(F)(F)F)c1C(F)(F)F.[K+]. The third-order valence-corrected chi connectivity index (χ3v) is 2.67. The monoisotopic (exact) mass is 444 g/mol. The van der Waals surface area contributed by atoms with Gasteiger partial charge in [0.25, 0.3) is 0 Å². The van der Waals surface area contributed by atoms with E-state index in [1.165, 1.54) is 0 Å². The summed E-state index contributed by atoms with van der Waals surface area (Å²) in [6.07, 6.45) is -34.0. The molecule has 0 fully saturated rings. The molecular formula is C10F15K. The summed E-state index contributed by atoms with van der Waals surface area (Å²) in [5.41, 5.74) is -20.5. The smallest absolute Gasteiger partial charge is 0.180 e. The number of halogens is 15. The maximum atomic E-state index is 12.6. The van der Waals surface area contributed by atoms with Crippen LogP contribution in [0.4, 0.5) is 65.9 Å². The predicted octanol–water partition coefficient (Wildman–Crippen LogP) is 3.50. The molecule has 0 atom stereocenters. The second kappa shape index (κ2) is 7.08. The summed E-state index contributed by atoms with van der Waals surface area (Å²) >= 11 is 0. The molecular weight excluding hydrogens is 444 g/mol. The van der Waals surface area contributed by atoms with Gasteiger partial charge in [0.2, 0.25) is 0 Å². The number of hydrogen-bond donors (Lipinski definition) is 0. The van der Waals surface area contributed by atoms with Crippen molar-refractivity contribution in [2.45, 2.75) is 30.9 Å². The molecule has 0 nitrogen and oxygen atoms in total. The first-order valence-electron chi connectivity index (χ1n) is 5.33. The second-order valence-corrected chi connectivity index (χ2v) is 4.36. The van der Waals surface area contributed by atoms with Gasteiger partial charge in [-0.25, -0.2) is 0 Å². The molecule has 1 rings (SSSR count). The topological polar surface area (TPSA) is 0 Å². The molecule has 1 aromatic rings. The molecule has 0 unspecified atom stereocenters. The quantitative estimate of drug-likeness (QED) is 0.327. The molecule has 0 aliphatic carbocycles. The number of alkyl halides is 15. The molecule has 1 aromatic carbocycles. The van der Waals surface area contributed by atoms with Gasteiger partial charge in [0.05, 0.1) is 0 Å². The van der Waals surface area contributed by atoms with Gasteiger partial charge >= 0.3 is 82.3 Å². The Morgan fingerprint density at radius 1 is 0.423 bits per heavy atom. The van der Waals surface area contributed by atoms with E-state index in [1.54, 1.807) is 0 Å². The third kappa shape index (κ3) is 5.05. The molecule has 0 spiro atoms. The maximum absolute atomic E-state index is 12.6. The van der Waals surface area contributed by atoms with Crippen LogP contribution in [-0.4, -0.2) is 0 Å². The van der Waals surface area contributed by atoms with Crippen molar-refractivity contribution in [3.63, 3.8) is 0 Å². The van der Waals surface area contributed by atoms with E-state index in [2.05, 4.69) is 0 Å². The van der Waals surface area contributed by atoms with E-state index in [-0.39, 0.29) is 51.4 Å². The normalized spacial score (nSPS) is 14.4. The van der Waals surface area contributed by atoms with E-state index in [0.29, 0.717) is 0 Å². The van der Waals surface area contributed by atoms with Crippen molar-refractivity contribution >= 4 is 0 Å². The second-order valence-electron chi connectivity index (χ2n) is 4.36. The van der Waals surface area contributed by atoms with Crippen molar-refractivity contribution in [3.8, 4) is 0 Å². The van der Waals surface area contributed by atoms with Crippen molar-refractivity contribution < 1.29 is 117 Å². The summed E-state index contributed by atoms with van der Waals surface area (Å²) in [6.45, 7) is 0. The Hall–Kier alpha value is -0.0636. The minimum absolute atomic E-state index is 0. The van der Waals surface area contributed by atoms with Gasteiger partial charge in [-0.3, -0.25) is 0 Å². The Balaban J connectivity index is 0.00000625. The van der Waals surface area contributed by atoms with Gasteiger partial charge in [0.15, 0.2) is 0 Å². The van der Waals surface area contributed by atoms with Crippen molar-refractivity contribution in [3.05, 3.63) is 27.8 Å². The average Bonchev–Trinajstić information content (AvgIpc) is 2.61. The van der Waals surface area contributed by atoms with Crippen molar-refractivity contribution in [2.75, 3.05) is 0 Å². The van der Waals surface area contributed by atoms with E-state index in [0.717, 1.165) is 0 Å². The van der Waals surface area contributed by atoms with Gasteiger partial charge in [-0.05, 0) is 16.7 Å². The molecule has 0 aliphatic rings. The molecule has 146 valence electrons. The summed E-state index contributed by atoms with van der Waals surface area (Å²) < 4.78 is 189. The molecule has 0 aromatic heterocycles. The summed E-state index contributed by atoms with van der Waals surface area (Å²) in [7, 11) is 0. The van der Waals surface area contributed by atoms with E-state index < -0.39 is 58.7 Å². The standard InChI is InChI=1S/C10F15.K/c11-6(12,13)1-2(7(14,15)16)4(9(20,21)22)5(10(23,24)25)3(1)8(17,18)19;/q-1;+1. The van der Waals surface area contributed by atoms with Gasteiger partial charge in [-0.1, -0.05) is 11.1 Å². The summed E-state index contributed by atoms with van der Waals surface area (Å²) in [6, 6.07) is 0. The molecule has 0 N–H and O–H groups in total. The van der Waals surface area contributed by atoms with E-state index in [9.17, 15) is 65.9 Å². The van der Waals surface area contributed by atoms with Gasteiger partial charge in [0, 0.05) is 0 Å². The zero-order valence-corrected chi connectivity index (χ0v) is 14.8. The molecule has 0 radical (unpaired) electrons. The largest absolute Gasteiger partial charge is 1.00 e. The van der Waals surface area contributed by atoms with Crippen LogP contribution in [0.15, 0.2) is 0 Å². The van der Waals surface area contributed by atoms with Gasteiger partial charge < -0.3 is 0 Å². The summed E-state index contributed by atoms with van der Waals surface area (Å²) in [5, 5.41) is 0. The fourth-order valence-corrected chi connectivity index (χ4v) is 2.04. The zero-order valence-electron chi connectivity index (χ0n) is 11.7. The minimum Gasteiger partial charge on any atom is -0.180 e. The first kappa shape index (κ1) is 25.9. The van der Waals surface area contributed by atoms with E-state index in [4.69, 9.17) is 0 Å². The van der Waals surface area contributed by atoms with Gasteiger partial charge in [0.1, 0.15) is 0 Å². The van der Waals surface area contributed by atoms with Crippen molar-refractivity contribution in [1.29, 1.82) is 0 Å². The molecule has 0 amide bonds. The van der Waals surface area contributed by atoms with Crippen LogP contribution in [-0.2, 0) is 30.9 Å². The summed E-state index contributed by atoms with van der Waals surface area (Å²) in [4.78, 5) is 0. The first-order valence-corrected chi connectivity index (χ1v) is 5.33. The van der Waals surface area contributed by atoms with Crippen LogP contribution in [0, 0.1) is 0 Å². The number of hydrogen-bond acceptors (Lipinski definition) is 0. The predicted molar refractivity (Wildman–Crippen MR) is 47.0 cm³/mol. The van der Waals surface area contributed by atoms with E-state index in [1.807, 2.05) is 0 Å². The summed E-state index contributed by atoms with van der Waals surface area (Å²) in [5.74, 6) is 0. The molecule has 16 heteroatoms. The fraction of sp³-hybridized carbons (Fsp3) is 0.500. The molecule has 0 heterocycles. The van der Waals surface area contributed by atoms with Crippen LogP contribution in [0.3, 0.4) is 0 Å². The third-order valence-electron chi connectivity index (χ3n) is 2.67. The Kier molecular flexibility index (Phi) is 7.06. The van der Waals surface area contributed by atoms with Crippen LogP contribution in [0.5, 0.6) is 0 Å². The molecule has 0 aliphatic heterocycles. The van der Waals surface area contributed by atoms with Crippen molar-refractivity contribution in [1.82, 2.24) is 0 Å². The zero-order chi connectivity index (χ0) is 20.4. The Morgan fingerprint density at radius 3 is 0.769 bits per heavy atom. The van der Waals surface area contributed by atoms with Gasteiger partial charge in [-0.2, -0.15) is 65.9 Å². The molecule has 0 saturated carbocycles. The molecule has 0 bridgehead atoms. The number of rotatable bonds is 0. The van der Waals surface area contributed by atoms with Gasteiger partial charge in [-0.15, -0.1) is 0 Å². The molecule has 0 saturated heterocycles. The Bertz CT molecular complexity index is 495. The van der Waals surface area contributed by atoms with E-state index >= 15 is 0 Å². The fourth-order valence-electron chi connectivity index (χ4n) is 2.04. The minimum atomic E-state index is -6.81. The van der Waals surface area contributed by atoms with Crippen LogP contribution < -0.4 is 51.4 Å². The van der Waals surface area contributed by atoms with Crippen LogP contribution in [0.2, 0.25) is 0 Å². The average molecular weight is 444 g/mol. The van der Waals surface area contributed by atoms with Crippen LogP contribution >= 0.6 is 0 Å². The van der Waals surface area contributed by atoms with Crippen molar-refractivity contribution in [2.24, 2.45) is 0 Å².